The monoisotopic (exact) mass is 243 g/mol. The van der Waals surface area contributed by atoms with Crippen molar-refractivity contribution in [2.24, 2.45) is 7.05 Å². The Balaban J connectivity index is 1.92. The van der Waals surface area contributed by atoms with Gasteiger partial charge in [0.15, 0.2) is 5.82 Å². The van der Waals surface area contributed by atoms with E-state index < -0.39 is 0 Å². The summed E-state index contributed by atoms with van der Waals surface area (Å²) in [5, 5.41) is 15.9. The minimum atomic E-state index is 0.449. The van der Waals surface area contributed by atoms with E-state index in [-0.39, 0.29) is 0 Å². The molecule has 0 aliphatic carbocycles. The van der Waals surface area contributed by atoms with Gasteiger partial charge >= 0.3 is 0 Å². The minimum absolute atomic E-state index is 0.449. The lowest BCUT2D eigenvalue weighted by atomic mass is 10.3. The Kier molecular flexibility index (Phi) is 3.38. The second-order valence-electron chi connectivity index (χ2n) is 3.78. The van der Waals surface area contributed by atoms with Gasteiger partial charge in [0.05, 0.1) is 11.3 Å². The number of nitrogens with one attached hydrogen (secondary N) is 1. The van der Waals surface area contributed by atoms with Crippen LogP contribution in [-0.2, 0) is 13.5 Å². The van der Waals surface area contributed by atoms with Crippen molar-refractivity contribution in [2.45, 2.75) is 6.42 Å². The van der Waals surface area contributed by atoms with Crippen LogP contribution in [0.4, 0.5) is 11.5 Å². The van der Waals surface area contributed by atoms with E-state index in [1.54, 1.807) is 17.1 Å². The van der Waals surface area contributed by atoms with Crippen LogP contribution in [-0.4, -0.2) is 26.3 Å². The highest BCUT2D eigenvalue weighted by molar-refractivity contribution is 5.62. The Morgan fingerprint density at radius 3 is 2.94 bits per heavy atom. The van der Waals surface area contributed by atoms with Crippen molar-refractivity contribution >= 4 is 11.5 Å². The van der Waals surface area contributed by atoms with E-state index in [0.717, 1.165) is 5.82 Å². The fourth-order valence-corrected chi connectivity index (χ4v) is 1.48. The molecule has 0 saturated heterocycles. The van der Waals surface area contributed by atoms with Gasteiger partial charge < -0.3 is 11.1 Å². The summed E-state index contributed by atoms with van der Waals surface area (Å²) in [6.07, 6.45) is 3.82. The average Bonchev–Trinajstić information content (AvgIpc) is 2.77. The lowest BCUT2D eigenvalue weighted by Gasteiger charge is -2.06. The van der Waals surface area contributed by atoms with Gasteiger partial charge in [-0.3, -0.25) is 4.68 Å². The molecule has 0 fully saturated rings. The number of hydrogen-bond acceptors (Lipinski definition) is 6. The van der Waals surface area contributed by atoms with Crippen molar-refractivity contribution in [1.29, 1.82) is 5.26 Å². The summed E-state index contributed by atoms with van der Waals surface area (Å²) in [5.74, 6) is 1.34. The van der Waals surface area contributed by atoms with E-state index in [1.807, 2.05) is 13.1 Å². The number of hydrogen-bond donors (Lipinski definition) is 2. The first-order valence-electron chi connectivity index (χ1n) is 5.43. The number of pyridine rings is 1. The Morgan fingerprint density at radius 2 is 2.33 bits per heavy atom. The predicted octanol–water partition coefficient (Wildman–Crippen LogP) is 0.319. The van der Waals surface area contributed by atoms with Crippen LogP contribution >= 0.6 is 0 Å². The van der Waals surface area contributed by atoms with Gasteiger partial charge in [-0.15, -0.1) is 0 Å². The van der Waals surface area contributed by atoms with E-state index >= 15 is 0 Å². The van der Waals surface area contributed by atoms with Gasteiger partial charge in [0, 0.05) is 26.2 Å². The summed E-state index contributed by atoms with van der Waals surface area (Å²) in [4.78, 5) is 8.19. The molecule has 0 unspecified atom stereocenters. The number of nitrogen functional groups attached to an aromatic ring is 1. The summed E-state index contributed by atoms with van der Waals surface area (Å²) in [6, 6.07) is 3.58. The zero-order valence-electron chi connectivity index (χ0n) is 9.96. The smallest absolute Gasteiger partial charge is 0.152 e. The van der Waals surface area contributed by atoms with Crippen LogP contribution < -0.4 is 11.1 Å². The van der Waals surface area contributed by atoms with Gasteiger partial charge in [0.25, 0.3) is 0 Å². The van der Waals surface area contributed by atoms with Crippen LogP contribution in [0.3, 0.4) is 0 Å². The molecule has 0 aliphatic heterocycles. The van der Waals surface area contributed by atoms with E-state index in [2.05, 4.69) is 20.4 Å². The standard InChI is InChI=1S/C11H13N7/c1-18-7-16-10(17-18)2-3-14-11-9(13)4-8(5-12)6-15-11/h4,6-7H,2-3,13H2,1H3,(H,14,15). The summed E-state index contributed by atoms with van der Waals surface area (Å²) < 4.78 is 1.66. The molecule has 2 aromatic rings. The molecule has 0 radical (unpaired) electrons. The number of nitrogens with two attached hydrogens (primary N) is 1. The Bertz CT molecular complexity index is 581. The maximum atomic E-state index is 8.70. The second-order valence-corrected chi connectivity index (χ2v) is 3.78. The van der Waals surface area contributed by atoms with E-state index in [1.165, 1.54) is 6.20 Å². The Morgan fingerprint density at radius 1 is 1.50 bits per heavy atom. The maximum Gasteiger partial charge on any atom is 0.152 e. The predicted molar refractivity (Wildman–Crippen MR) is 66.6 cm³/mol. The van der Waals surface area contributed by atoms with E-state index in [0.29, 0.717) is 30.0 Å². The molecule has 0 atom stereocenters. The highest BCUT2D eigenvalue weighted by atomic mass is 15.3. The maximum absolute atomic E-state index is 8.70. The molecule has 2 aromatic heterocycles. The fraction of sp³-hybridized carbons (Fsp3) is 0.273. The molecular weight excluding hydrogens is 230 g/mol. The molecule has 0 saturated carbocycles. The molecular formula is C11H13N7. The largest absolute Gasteiger partial charge is 0.396 e. The average molecular weight is 243 g/mol. The fourth-order valence-electron chi connectivity index (χ4n) is 1.48. The van der Waals surface area contributed by atoms with Gasteiger partial charge in [0.1, 0.15) is 18.2 Å². The molecule has 0 aliphatic rings. The summed E-state index contributed by atoms with van der Waals surface area (Å²) in [6.45, 7) is 0.632. The molecule has 0 amide bonds. The molecule has 7 heteroatoms. The Labute approximate surface area is 104 Å². The quantitative estimate of drug-likeness (QED) is 0.801. The van der Waals surface area contributed by atoms with Gasteiger partial charge in [0.2, 0.25) is 0 Å². The molecule has 0 bridgehead atoms. The van der Waals surface area contributed by atoms with Crippen molar-refractivity contribution in [3.8, 4) is 6.07 Å². The zero-order chi connectivity index (χ0) is 13.0. The molecule has 0 spiro atoms. The lowest BCUT2D eigenvalue weighted by molar-refractivity contribution is 0.742. The van der Waals surface area contributed by atoms with Crippen molar-refractivity contribution in [3.05, 3.63) is 30.0 Å². The molecule has 7 nitrogen and oxygen atoms in total. The number of rotatable bonds is 4. The van der Waals surface area contributed by atoms with Crippen LogP contribution in [0.1, 0.15) is 11.4 Å². The first-order valence-corrected chi connectivity index (χ1v) is 5.43. The van der Waals surface area contributed by atoms with Crippen molar-refractivity contribution < 1.29 is 0 Å². The summed E-state index contributed by atoms with van der Waals surface area (Å²) in [5.41, 5.74) is 6.68. The first-order chi connectivity index (χ1) is 8.69. The van der Waals surface area contributed by atoms with Gasteiger partial charge in [-0.2, -0.15) is 10.4 Å². The summed E-state index contributed by atoms with van der Waals surface area (Å²) in [7, 11) is 1.82. The molecule has 18 heavy (non-hydrogen) atoms. The molecule has 2 heterocycles. The topological polar surface area (TPSA) is 105 Å². The van der Waals surface area contributed by atoms with Gasteiger partial charge in [-0.1, -0.05) is 0 Å². The van der Waals surface area contributed by atoms with E-state index in [4.69, 9.17) is 11.0 Å². The first kappa shape index (κ1) is 11.9. The SMILES string of the molecule is Cn1cnc(CCNc2ncc(C#N)cc2N)n1. The minimum Gasteiger partial charge on any atom is -0.396 e. The number of anilines is 2. The van der Waals surface area contributed by atoms with Crippen molar-refractivity contribution in [1.82, 2.24) is 19.7 Å². The Hall–Kier alpha value is -2.62. The number of aryl methyl sites for hydroxylation is 1. The van der Waals surface area contributed by atoms with Gasteiger partial charge in [-0.25, -0.2) is 9.97 Å². The number of nitriles is 1. The zero-order valence-corrected chi connectivity index (χ0v) is 9.96. The van der Waals surface area contributed by atoms with Crippen LogP contribution in [0.25, 0.3) is 0 Å². The molecule has 92 valence electrons. The third kappa shape index (κ3) is 2.74. The number of nitrogens with zero attached hydrogens (tertiary/aromatic N) is 5. The third-order valence-electron chi connectivity index (χ3n) is 2.33. The highest BCUT2D eigenvalue weighted by Gasteiger charge is 2.03. The van der Waals surface area contributed by atoms with Crippen LogP contribution in [0.2, 0.25) is 0 Å². The second kappa shape index (κ2) is 5.14. The van der Waals surface area contributed by atoms with Crippen molar-refractivity contribution in [2.75, 3.05) is 17.6 Å². The molecule has 2 rings (SSSR count). The summed E-state index contributed by atoms with van der Waals surface area (Å²) >= 11 is 0. The highest BCUT2D eigenvalue weighted by Crippen LogP contribution is 2.15. The van der Waals surface area contributed by atoms with Gasteiger partial charge in [-0.05, 0) is 6.07 Å². The molecule has 3 N–H and O–H groups in total. The van der Waals surface area contributed by atoms with Crippen LogP contribution in [0.5, 0.6) is 0 Å². The van der Waals surface area contributed by atoms with Crippen molar-refractivity contribution in [3.63, 3.8) is 0 Å². The third-order valence-corrected chi connectivity index (χ3v) is 2.33. The van der Waals surface area contributed by atoms with Crippen LogP contribution in [0, 0.1) is 11.3 Å². The van der Waals surface area contributed by atoms with E-state index in [9.17, 15) is 0 Å². The lowest BCUT2D eigenvalue weighted by Crippen LogP contribution is -2.09. The normalized spacial score (nSPS) is 10.0. The number of aromatic nitrogens is 4. The molecule has 0 aromatic carbocycles. The van der Waals surface area contributed by atoms with Crippen LogP contribution in [0.15, 0.2) is 18.6 Å².